The van der Waals surface area contributed by atoms with Gasteiger partial charge in [-0.05, 0) is 18.2 Å². The number of rotatable bonds is 6. The van der Waals surface area contributed by atoms with Gasteiger partial charge in [0.2, 0.25) is 11.9 Å². The third kappa shape index (κ3) is 3.84. The predicted molar refractivity (Wildman–Crippen MR) is 95.3 cm³/mol. The van der Waals surface area contributed by atoms with E-state index in [1.165, 1.54) is 18.3 Å². The van der Waals surface area contributed by atoms with E-state index in [0.717, 1.165) is 21.5 Å². The van der Waals surface area contributed by atoms with Crippen LogP contribution in [-0.4, -0.2) is 41.1 Å². The van der Waals surface area contributed by atoms with Gasteiger partial charge in [0, 0.05) is 32.3 Å². The van der Waals surface area contributed by atoms with Crippen LogP contribution in [0.15, 0.2) is 30.5 Å². The molecule has 0 saturated carbocycles. The Kier molecular flexibility index (Phi) is 4.97. The fourth-order valence-electron chi connectivity index (χ4n) is 2.16. The van der Waals surface area contributed by atoms with Crippen molar-refractivity contribution in [1.29, 1.82) is 0 Å². The number of thiazole rings is 1. The molecule has 0 atom stereocenters. The van der Waals surface area contributed by atoms with Gasteiger partial charge in [-0.25, -0.2) is 15.0 Å². The molecule has 2 heterocycles. The Bertz CT molecular complexity index is 865. The molecule has 0 saturated heterocycles. The summed E-state index contributed by atoms with van der Waals surface area (Å²) < 4.78 is 5.99. The minimum Gasteiger partial charge on any atom is -0.383 e. The van der Waals surface area contributed by atoms with Gasteiger partial charge in [0.1, 0.15) is 0 Å². The van der Waals surface area contributed by atoms with Crippen molar-refractivity contribution in [2.45, 2.75) is 6.92 Å². The van der Waals surface area contributed by atoms with Crippen LogP contribution in [0.2, 0.25) is 0 Å². The number of ether oxygens (including phenoxy) is 1. The highest BCUT2D eigenvalue weighted by Gasteiger charge is 2.08. The number of methoxy groups -OCH3 is 1. The largest absolute Gasteiger partial charge is 0.383 e. The Labute approximate surface area is 143 Å². The molecule has 3 rings (SSSR count). The van der Waals surface area contributed by atoms with Crippen molar-refractivity contribution in [3.63, 3.8) is 0 Å². The van der Waals surface area contributed by atoms with Gasteiger partial charge < -0.3 is 15.4 Å². The average Bonchev–Trinajstić information content (AvgIpc) is 2.96. The zero-order chi connectivity index (χ0) is 16.9. The quantitative estimate of drug-likeness (QED) is 0.669. The molecule has 8 heteroatoms. The number of nitrogens with one attached hydrogen (secondary N) is 2. The third-order valence-electron chi connectivity index (χ3n) is 3.21. The highest BCUT2D eigenvalue weighted by atomic mass is 32.1. The summed E-state index contributed by atoms with van der Waals surface area (Å²) in [5.74, 6) is 0.435. The number of amides is 1. The van der Waals surface area contributed by atoms with E-state index in [4.69, 9.17) is 4.74 Å². The Morgan fingerprint density at radius 2 is 2.17 bits per heavy atom. The molecule has 7 nitrogen and oxygen atoms in total. The van der Waals surface area contributed by atoms with E-state index in [0.29, 0.717) is 24.2 Å². The van der Waals surface area contributed by atoms with E-state index in [9.17, 15) is 4.79 Å². The zero-order valence-electron chi connectivity index (χ0n) is 13.4. The first-order chi connectivity index (χ1) is 11.7. The third-order valence-corrected chi connectivity index (χ3v) is 4.15. The monoisotopic (exact) mass is 343 g/mol. The molecule has 0 spiro atoms. The van der Waals surface area contributed by atoms with Gasteiger partial charge in [0.05, 0.1) is 22.5 Å². The van der Waals surface area contributed by atoms with Crippen molar-refractivity contribution in [2.75, 3.05) is 30.9 Å². The number of hydrogen-bond acceptors (Lipinski definition) is 7. The molecule has 124 valence electrons. The first kappa shape index (κ1) is 16.3. The second-order valence-corrected chi connectivity index (χ2v) is 6.10. The average molecular weight is 343 g/mol. The molecule has 0 aliphatic carbocycles. The molecule has 3 aromatic rings. The molecular weight excluding hydrogens is 326 g/mol. The van der Waals surface area contributed by atoms with Crippen molar-refractivity contribution >= 4 is 38.5 Å². The lowest BCUT2D eigenvalue weighted by Gasteiger charge is -2.06. The molecule has 0 unspecified atom stereocenters. The van der Waals surface area contributed by atoms with E-state index < -0.39 is 0 Å². The zero-order valence-corrected chi connectivity index (χ0v) is 14.2. The summed E-state index contributed by atoms with van der Waals surface area (Å²) in [7, 11) is 1.65. The van der Waals surface area contributed by atoms with Crippen molar-refractivity contribution in [1.82, 2.24) is 15.0 Å². The minimum absolute atomic E-state index is 0.128. The summed E-state index contributed by atoms with van der Waals surface area (Å²) in [6.45, 7) is 2.71. The highest BCUT2D eigenvalue weighted by Crippen LogP contribution is 2.30. The summed E-state index contributed by atoms with van der Waals surface area (Å²) in [5.41, 5.74) is 2.64. The second-order valence-electron chi connectivity index (χ2n) is 5.07. The van der Waals surface area contributed by atoms with E-state index in [1.807, 2.05) is 24.3 Å². The SMILES string of the molecule is COCCNc1nccc(-c2ccc3nc(NC(C)=O)sc3c2)n1. The number of benzene rings is 1. The topological polar surface area (TPSA) is 89.0 Å². The van der Waals surface area contributed by atoms with Gasteiger partial charge in [-0.15, -0.1) is 0 Å². The summed E-state index contributed by atoms with van der Waals surface area (Å²) >= 11 is 1.44. The fraction of sp³-hybridized carbons (Fsp3) is 0.250. The molecule has 1 aromatic carbocycles. The highest BCUT2D eigenvalue weighted by molar-refractivity contribution is 7.22. The lowest BCUT2D eigenvalue weighted by atomic mass is 10.1. The van der Waals surface area contributed by atoms with E-state index in [2.05, 4.69) is 25.6 Å². The Morgan fingerprint density at radius 1 is 1.29 bits per heavy atom. The summed E-state index contributed by atoms with van der Waals surface area (Å²) in [6, 6.07) is 7.76. The van der Waals surface area contributed by atoms with Crippen molar-refractivity contribution in [3.8, 4) is 11.3 Å². The van der Waals surface area contributed by atoms with E-state index in [1.54, 1.807) is 13.3 Å². The Hall–Kier alpha value is -2.58. The molecule has 1 amide bonds. The van der Waals surface area contributed by atoms with E-state index >= 15 is 0 Å². The van der Waals surface area contributed by atoms with Crippen LogP contribution in [0, 0.1) is 0 Å². The molecule has 0 radical (unpaired) electrons. The normalized spacial score (nSPS) is 10.8. The van der Waals surface area contributed by atoms with Crippen LogP contribution in [0.1, 0.15) is 6.92 Å². The molecule has 0 aliphatic heterocycles. The van der Waals surface area contributed by atoms with Crippen LogP contribution in [-0.2, 0) is 9.53 Å². The van der Waals surface area contributed by atoms with Crippen LogP contribution in [0.25, 0.3) is 21.5 Å². The molecule has 0 bridgehead atoms. The van der Waals surface area contributed by atoms with Gasteiger partial charge in [-0.2, -0.15) is 0 Å². The number of aromatic nitrogens is 3. The maximum Gasteiger partial charge on any atom is 0.223 e. The molecule has 0 aliphatic rings. The fourth-order valence-corrected chi connectivity index (χ4v) is 3.11. The predicted octanol–water partition coefficient (Wildman–Crippen LogP) is 2.77. The first-order valence-corrected chi connectivity index (χ1v) is 8.22. The lowest BCUT2D eigenvalue weighted by molar-refractivity contribution is -0.114. The van der Waals surface area contributed by atoms with Crippen LogP contribution < -0.4 is 10.6 Å². The number of carbonyl (C=O) groups excluding carboxylic acids is 1. The second kappa shape index (κ2) is 7.33. The standard InChI is InChI=1S/C16H17N5O2S/c1-10(22)19-16-21-13-4-3-11(9-14(13)24-16)12-5-6-17-15(20-12)18-7-8-23-2/h3-6,9H,7-8H2,1-2H3,(H,17,18,20)(H,19,21,22). The smallest absolute Gasteiger partial charge is 0.223 e. The van der Waals surface area contributed by atoms with Gasteiger partial charge >= 0.3 is 0 Å². The van der Waals surface area contributed by atoms with Gasteiger partial charge in [-0.3, -0.25) is 4.79 Å². The van der Waals surface area contributed by atoms with Crippen molar-refractivity contribution in [2.24, 2.45) is 0 Å². The Morgan fingerprint density at radius 3 is 2.96 bits per heavy atom. The number of fused-ring (bicyclic) bond motifs is 1. The number of anilines is 2. The molecular formula is C16H17N5O2S. The molecule has 24 heavy (non-hydrogen) atoms. The van der Waals surface area contributed by atoms with Crippen LogP contribution in [0.4, 0.5) is 11.1 Å². The van der Waals surface area contributed by atoms with E-state index in [-0.39, 0.29) is 5.91 Å². The van der Waals surface area contributed by atoms with Gasteiger partial charge in [0.25, 0.3) is 0 Å². The lowest BCUT2D eigenvalue weighted by Crippen LogP contribution is -2.10. The summed E-state index contributed by atoms with van der Waals surface area (Å²) in [4.78, 5) is 24.2. The van der Waals surface area contributed by atoms with Crippen molar-refractivity contribution in [3.05, 3.63) is 30.5 Å². The number of nitrogens with zero attached hydrogens (tertiary/aromatic N) is 3. The van der Waals surface area contributed by atoms with Gasteiger partial charge in [-0.1, -0.05) is 17.4 Å². The van der Waals surface area contributed by atoms with Gasteiger partial charge in [0.15, 0.2) is 5.13 Å². The summed E-state index contributed by atoms with van der Waals surface area (Å²) in [5, 5.41) is 6.42. The number of carbonyl (C=O) groups is 1. The minimum atomic E-state index is -0.128. The maximum atomic E-state index is 11.1. The Balaban J connectivity index is 1.86. The number of hydrogen-bond donors (Lipinski definition) is 2. The summed E-state index contributed by atoms with van der Waals surface area (Å²) in [6.07, 6.45) is 1.72. The first-order valence-electron chi connectivity index (χ1n) is 7.40. The van der Waals surface area contributed by atoms with Crippen LogP contribution in [0.5, 0.6) is 0 Å². The maximum absolute atomic E-state index is 11.1. The molecule has 2 N–H and O–H groups in total. The molecule has 2 aromatic heterocycles. The van der Waals surface area contributed by atoms with Crippen LogP contribution in [0.3, 0.4) is 0 Å². The van der Waals surface area contributed by atoms with Crippen molar-refractivity contribution < 1.29 is 9.53 Å². The molecule has 0 fully saturated rings. The van der Waals surface area contributed by atoms with Crippen LogP contribution >= 0.6 is 11.3 Å².